The summed E-state index contributed by atoms with van der Waals surface area (Å²) in [5.74, 6) is -0.700. The highest BCUT2D eigenvalue weighted by atomic mass is 16.4. The summed E-state index contributed by atoms with van der Waals surface area (Å²) in [7, 11) is 1.92. The van der Waals surface area contributed by atoms with Gasteiger partial charge in [0, 0.05) is 6.54 Å². The van der Waals surface area contributed by atoms with Crippen LogP contribution in [0, 0.1) is 0 Å². The molecular formula is C22H37NO2. The average molecular weight is 348 g/mol. The van der Waals surface area contributed by atoms with Gasteiger partial charge < -0.3 is 5.11 Å². The van der Waals surface area contributed by atoms with Crippen LogP contribution in [-0.4, -0.2) is 29.1 Å². The van der Waals surface area contributed by atoms with Gasteiger partial charge in [0.2, 0.25) is 0 Å². The molecule has 0 amide bonds. The Morgan fingerprint density at radius 3 is 1.96 bits per heavy atom. The highest BCUT2D eigenvalue weighted by Gasteiger charge is 2.21. The summed E-state index contributed by atoms with van der Waals surface area (Å²) in [4.78, 5) is 13.5. The van der Waals surface area contributed by atoms with Crippen molar-refractivity contribution in [1.82, 2.24) is 4.90 Å². The first-order valence-corrected chi connectivity index (χ1v) is 10.1. The molecule has 0 aliphatic rings. The first kappa shape index (κ1) is 21.7. The van der Waals surface area contributed by atoms with Gasteiger partial charge in [-0.25, -0.2) is 0 Å². The van der Waals surface area contributed by atoms with Crippen LogP contribution in [0.2, 0.25) is 0 Å². The maximum atomic E-state index is 11.6. The van der Waals surface area contributed by atoms with Gasteiger partial charge in [-0.3, -0.25) is 9.69 Å². The maximum Gasteiger partial charge on any atom is 0.320 e. The fourth-order valence-corrected chi connectivity index (χ4v) is 3.34. The van der Waals surface area contributed by atoms with Crippen molar-refractivity contribution in [3.8, 4) is 0 Å². The van der Waals surface area contributed by atoms with E-state index in [9.17, 15) is 9.90 Å². The molecule has 0 bridgehead atoms. The van der Waals surface area contributed by atoms with Crippen LogP contribution in [0.3, 0.4) is 0 Å². The van der Waals surface area contributed by atoms with Crippen molar-refractivity contribution in [1.29, 1.82) is 0 Å². The number of hydrogen-bond donors (Lipinski definition) is 1. The zero-order valence-electron chi connectivity index (χ0n) is 16.3. The van der Waals surface area contributed by atoms with E-state index in [-0.39, 0.29) is 6.04 Å². The third-order valence-electron chi connectivity index (χ3n) is 4.92. The van der Waals surface area contributed by atoms with Crippen LogP contribution in [0.5, 0.6) is 0 Å². The SMILES string of the molecule is CCCCCCCCCCCCC(C(=O)O)N(C)Cc1ccccc1. The fourth-order valence-electron chi connectivity index (χ4n) is 3.34. The van der Waals surface area contributed by atoms with E-state index in [4.69, 9.17) is 0 Å². The molecular weight excluding hydrogens is 310 g/mol. The molecule has 3 nitrogen and oxygen atoms in total. The Balaban J connectivity index is 2.15. The Hall–Kier alpha value is -1.35. The molecule has 1 rings (SSSR count). The van der Waals surface area contributed by atoms with Gasteiger partial charge in [-0.15, -0.1) is 0 Å². The number of benzene rings is 1. The molecule has 0 fully saturated rings. The number of likely N-dealkylation sites (N-methyl/N-ethyl adjacent to an activating group) is 1. The molecule has 1 aromatic carbocycles. The Morgan fingerprint density at radius 1 is 0.920 bits per heavy atom. The Kier molecular flexibility index (Phi) is 12.0. The molecule has 1 N–H and O–H groups in total. The molecule has 1 unspecified atom stereocenters. The largest absolute Gasteiger partial charge is 0.480 e. The number of hydrogen-bond acceptors (Lipinski definition) is 2. The van der Waals surface area contributed by atoms with E-state index >= 15 is 0 Å². The number of unbranched alkanes of at least 4 members (excludes halogenated alkanes) is 9. The highest BCUT2D eigenvalue weighted by molar-refractivity contribution is 5.73. The van der Waals surface area contributed by atoms with E-state index < -0.39 is 5.97 Å². The van der Waals surface area contributed by atoms with E-state index in [0.717, 1.165) is 19.3 Å². The average Bonchev–Trinajstić information content (AvgIpc) is 2.60. The van der Waals surface area contributed by atoms with Crippen molar-refractivity contribution in [3.63, 3.8) is 0 Å². The third kappa shape index (κ3) is 10.3. The molecule has 1 aromatic rings. The van der Waals surface area contributed by atoms with Crippen molar-refractivity contribution in [2.45, 2.75) is 90.1 Å². The van der Waals surface area contributed by atoms with Gasteiger partial charge in [-0.05, 0) is 19.0 Å². The Labute approximate surface area is 154 Å². The normalized spacial score (nSPS) is 12.4. The molecule has 25 heavy (non-hydrogen) atoms. The molecule has 0 radical (unpaired) electrons. The van der Waals surface area contributed by atoms with Crippen molar-refractivity contribution < 1.29 is 9.90 Å². The van der Waals surface area contributed by atoms with E-state index in [1.165, 1.54) is 56.9 Å². The number of rotatable bonds is 15. The van der Waals surface area contributed by atoms with Gasteiger partial charge in [-0.1, -0.05) is 101 Å². The van der Waals surface area contributed by atoms with Crippen molar-refractivity contribution in [2.24, 2.45) is 0 Å². The molecule has 0 saturated heterocycles. The molecule has 0 spiro atoms. The molecule has 0 aliphatic carbocycles. The first-order chi connectivity index (χ1) is 12.1. The number of carboxylic acid groups (broad SMARTS) is 1. The van der Waals surface area contributed by atoms with Gasteiger partial charge in [0.1, 0.15) is 6.04 Å². The van der Waals surface area contributed by atoms with Crippen molar-refractivity contribution >= 4 is 5.97 Å². The lowest BCUT2D eigenvalue weighted by Crippen LogP contribution is -2.37. The van der Waals surface area contributed by atoms with Gasteiger partial charge in [0.05, 0.1) is 0 Å². The molecule has 1 atom stereocenters. The second-order valence-corrected chi connectivity index (χ2v) is 7.23. The van der Waals surface area contributed by atoms with Crippen LogP contribution in [0.1, 0.15) is 83.1 Å². The van der Waals surface area contributed by atoms with Crippen LogP contribution in [0.4, 0.5) is 0 Å². The summed E-state index contributed by atoms with van der Waals surface area (Å²) in [6.07, 6.45) is 13.6. The lowest BCUT2D eigenvalue weighted by Gasteiger charge is -2.24. The summed E-state index contributed by atoms with van der Waals surface area (Å²) in [5.41, 5.74) is 1.17. The quantitative estimate of drug-likeness (QED) is 0.403. The minimum atomic E-state index is -0.700. The molecule has 0 aromatic heterocycles. The minimum Gasteiger partial charge on any atom is -0.480 e. The summed E-state index contributed by atoms with van der Waals surface area (Å²) >= 11 is 0. The van der Waals surface area contributed by atoms with Crippen LogP contribution >= 0.6 is 0 Å². The Bertz CT molecular complexity index is 447. The summed E-state index contributed by atoms with van der Waals surface area (Å²) in [5, 5.41) is 9.52. The molecule has 0 saturated carbocycles. The summed E-state index contributed by atoms with van der Waals surface area (Å²) < 4.78 is 0. The second kappa shape index (κ2) is 13.9. The van der Waals surface area contributed by atoms with E-state index in [1.54, 1.807) is 0 Å². The van der Waals surface area contributed by atoms with Gasteiger partial charge in [-0.2, -0.15) is 0 Å². The minimum absolute atomic E-state index is 0.380. The van der Waals surface area contributed by atoms with Crippen molar-refractivity contribution in [2.75, 3.05) is 7.05 Å². The fraction of sp³-hybridized carbons (Fsp3) is 0.682. The second-order valence-electron chi connectivity index (χ2n) is 7.23. The highest BCUT2D eigenvalue weighted by Crippen LogP contribution is 2.15. The number of carboxylic acids is 1. The van der Waals surface area contributed by atoms with Gasteiger partial charge in [0.15, 0.2) is 0 Å². The third-order valence-corrected chi connectivity index (χ3v) is 4.92. The van der Waals surface area contributed by atoms with E-state index in [1.807, 2.05) is 30.1 Å². The molecule has 142 valence electrons. The zero-order chi connectivity index (χ0) is 18.3. The topological polar surface area (TPSA) is 40.5 Å². The van der Waals surface area contributed by atoms with E-state index in [0.29, 0.717) is 6.54 Å². The smallest absolute Gasteiger partial charge is 0.320 e. The van der Waals surface area contributed by atoms with Crippen molar-refractivity contribution in [3.05, 3.63) is 35.9 Å². The number of aliphatic carboxylic acids is 1. The predicted octanol–water partition coefficient (Wildman–Crippen LogP) is 5.88. The Morgan fingerprint density at radius 2 is 1.44 bits per heavy atom. The number of carbonyl (C=O) groups is 1. The van der Waals surface area contributed by atoms with Crippen LogP contribution in [0.25, 0.3) is 0 Å². The number of nitrogens with zero attached hydrogens (tertiary/aromatic N) is 1. The molecule has 3 heteroatoms. The lowest BCUT2D eigenvalue weighted by atomic mass is 10.0. The molecule has 0 aliphatic heterocycles. The van der Waals surface area contributed by atoms with Gasteiger partial charge in [0.25, 0.3) is 0 Å². The maximum absolute atomic E-state index is 11.6. The molecule has 0 heterocycles. The first-order valence-electron chi connectivity index (χ1n) is 10.1. The zero-order valence-corrected chi connectivity index (χ0v) is 16.3. The summed E-state index contributed by atoms with van der Waals surface area (Å²) in [6.45, 7) is 2.94. The van der Waals surface area contributed by atoms with Crippen LogP contribution in [0.15, 0.2) is 30.3 Å². The standard InChI is InChI=1S/C22H37NO2/c1-3-4-5-6-7-8-9-10-11-15-18-21(22(24)25)23(2)19-20-16-13-12-14-17-20/h12-14,16-17,21H,3-11,15,18-19H2,1-2H3,(H,24,25). The summed E-state index contributed by atoms with van der Waals surface area (Å²) in [6, 6.07) is 9.71. The lowest BCUT2D eigenvalue weighted by molar-refractivity contribution is -0.143. The van der Waals surface area contributed by atoms with Crippen LogP contribution in [-0.2, 0) is 11.3 Å². The van der Waals surface area contributed by atoms with Crippen LogP contribution < -0.4 is 0 Å². The van der Waals surface area contributed by atoms with E-state index in [2.05, 4.69) is 19.1 Å². The van der Waals surface area contributed by atoms with Gasteiger partial charge >= 0.3 is 5.97 Å². The predicted molar refractivity (Wildman–Crippen MR) is 106 cm³/mol. The monoisotopic (exact) mass is 347 g/mol.